The summed E-state index contributed by atoms with van der Waals surface area (Å²) in [7, 11) is 1.68. The Morgan fingerprint density at radius 2 is 2.20 bits per heavy atom. The molecule has 0 unspecified atom stereocenters. The largest absolute Gasteiger partial charge is 0.419 e. The lowest BCUT2D eigenvalue weighted by Crippen LogP contribution is -2.08. The fourth-order valence-electron chi connectivity index (χ4n) is 1.74. The number of rotatable bonds is 2. The van der Waals surface area contributed by atoms with Gasteiger partial charge in [-0.05, 0) is 24.1 Å². The summed E-state index contributed by atoms with van der Waals surface area (Å²) < 4.78 is 6.52. The highest BCUT2D eigenvalue weighted by Gasteiger charge is 2.10. The molecule has 0 fully saturated rings. The molecule has 0 amide bonds. The normalized spacial score (nSPS) is 11.1. The number of nitrogen functional groups attached to an aromatic ring is 1. The minimum Gasteiger partial charge on any atom is -0.405 e. The Morgan fingerprint density at radius 3 is 2.87 bits per heavy atom. The van der Waals surface area contributed by atoms with Crippen molar-refractivity contribution in [2.45, 2.75) is 19.8 Å². The van der Waals surface area contributed by atoms with Crippen molar-refractivity contribution in [3.63, 3.8) is 0 Å². The predicted octanol–water partition coefficient (Wildman–Crippen LogP) is 1.67. The van der Waals surface area contributed by atoms with Crippen molar-refractivity contribution < 1.29 is 4.42 Å². The standard InChI is InChI=1S/C11H14N2O2/c1-3-4-7-5-8(12)10-9(6-7)13(2)11(14)15-10/h5-6H,3-4,12H2,1-2H3. The molecule has 0 aliphatic rings. The van der Waals surface area contributed by atoms with E-state index in [2.05, 4.69) is 6.92 Å². The topological polar surface area (TPSA) is 61.2 Å². The Bertz CT molecular complexity index is 551. The van der Waals surface area contributed by atoms with E-state index in [4.69, 9.17) is 10.2 Å². The quantitative estimate of drug-likeness (QED) is 0.760. The fraction of sp³-hybridized carbons (Fsp3) is 0.364. The van der Waals surface area contributed by atoms with Gasteiger partial charge in [-0.2, -0.15) is 0 Å². The van der Waals surface area contributed by atoms with Crippen molar-refractivity contribution in [3.05, 3.63) is 28.2 Å². The molecule has 0 spiro atoms. The molecule has 2 N–H and O–H groups in total. The first-order valence-corrected chi connectivity index (χ1v) is 5.01. The molecule has 0 aliphatic carbocycles. The Morgan fingerprint density at radius 1 is 1.47 bits per heavy atom. The van der Waals surface area contributed by atoms with E-state index in [1.54, 1.807) is 7.05 Å². The maximum Gasteiger partial charge on any atom is 0.419 e. The van der Waals surface area contributed by atoms with Gasteiger partial charge in [0.25, 0.3) is 0 Å². The fourth-order valence-corrected chi connectivity index (χ4v) is 1.74. The molecule has 0 saturated carbocycles. The van der Waals surface area contributed by atoms with Crippen molar-refractivity contribution in [2.75, 3.05) is 5.73 Å². The second-order valence-corrected chi connectivity index (χ2v) is 3.71. The van der Waals surface area contributed by atoms with Gasteiger partial charge >= 0.3 is 5.76 Å². The van der Waals surface area contributed by atoms with Crippen LogP contribution in [0.3, 0.4) is 0 Å². The van der Waals surface area contributed by atoms with Crippen LogP contribution in [0.5, 0.6) is 0 Å². The molecule has 2 aromatic rings. The van der Waals surface area contributed by atoms with Gasteiger partial charge in [-0.25, -0.2) is 4.79 Å². The zero-order valence-corrected chi connectivity index (χ0v) is 8.91. The first-order valence-electron chi connectivity index (χ1n) is 5.01. The average molecular weight is 206 g/mol. The van der Waals surface area contributed by atoms with E-state index in [-0.39, 0.29) is 5.76 Å². The van der Waals surface area contributed by atoms with E-state index in [1.165, 1.54) is 4.57 Å². The second-order valence-electron chi connectivity index (χ2n) is 3.71. The number of hydrogen-bond donors (Lipinski definition) is 1. The number of aromatic nitrogens is 1. The summed E-state index contributed by atoms with van der Waals surface area (Å²) in [6, 6.07) is 3.83. The molecule has 0 atom stereocenters. The monoisotopic (exact) mass is 206 g/mol. The van der Waals surface area contributed by atoms with Gasteiger partial charge in [0, 0.05) is 7.05 Å². The van der Waals surface area contributed by atoms with Crippen molar-refractivity contribution in [2.24, 2.45) is 7.05 Å². The van der Waals surface area contributed by atoms with Crippen LogP contribution in [0.1, 0.15) is 18.9 Å². The molecular weight excluding hydrogens is 192 g/mol. The van der Waals surface area contributed by atoms with Crippen LogP contribution in [0, 0.1) is 0 Å². The molecule has 4 nitrogen and oxygen atoms in total. The number of fused-ring (bicyclic) bond motifs is 1. The highest BCUT2D eigenvalue weighted by atomic mass is 16.4. The lowest BCUT2D eigenvalue weighted by Gasteiger charge is -2.01. The van der Waals surface area contributed by atoms with E-state index >= 15 is 0 Å². The number of hydrogen-bond acceptors (Lipinski definition) is 3. The molecule has 0 aliphatic heterocycles. The third-order valence-electron chi connectivity index (χ3n) is 2.52. The highest BCUT2D eigenvalue weighted by molar-refractivity contribution is 5.85. The zero-order chi connectivity index (χ0) is 11.0. The van der Waals surface area contributed by atoms with Crippen LogP contribution in [-0.4, -0.2) is 4.57 Å². The van der Waals surface area contributed by atoms with Gasteiger partial charge in [0.05, 0.1) is 11.2 Å². The minimum absolute atomic E-state index is 0.370. The van der Waals surface area contributed by atoms with Gasteiger partial charge in [0.1, 0.15) is 0 Å². The van der Waals surface area contributed by atoms with Crippen molar-refractivity contribution in [1.82, 2.24) is 4.57 Å². The lowest BCUT2D eigenvalue weighted by molar-refractivity contribution is 0.529. The van der Waals surface area contributed by atoms with Crippen molar-refractivity contribution in [1.29, 1.82) is 0 Å². The van der Waals surface area contributed by atoms with Gasteiger partial charge in [-0.3, -0.25) is 4.57 Å². The summed E-state index contributed by atoms with van der Waals surface area (Å²) in [4.78, 5) is 11.3. The van der Waals surface area contributed by atoms with Crippen LogP contribution in [0.25, 0.3) is 11.1 Å². The molecule has 1 aromatic carbocycles. The SMILES string of the molecule is CCCc1cc(N)c2oc(=O)n(C)c2c1. The maximum atomic E-state index is 11.3. The van der Waals surface area contributed by atoms with Crippen LogP contribution < -0.4 is 11.5 Å². The lowest BCUT2D eigenvalue weighted by atomic mass is 10.1. The summed E-state index contributed by atoms with van der Waals surface area (Å²) in [5.41, 5.74) is 8.75. The average Bonchev–Trinajstić information content (AvgIpc) is 2.46. The van der Waals surface area contributed by atoms with Gasteiger partial charge < -0.3 is 10.2 Å². The summed E-state index contributed by atoms with van der Waals surface area (Å²) in [6.45, 7) is 2.11. The van der Waals surface area contributed by atoms with Gasteiger partial charge in [-0.1, -0.05) is 13.3 Å². The number of oxazole rings is 1. The zero-order valence-electron chi connectivity index (χ0n) is 8.91. The van der Waals surface area contributed by atoms with Crippen LogP contribution in [-0.2, 0) is 13.5 Å². The Hall–Kier alpha value is -1.71. The number of anilines is 1. The highest BCUT2D eigenvalue weighted by Crippen LogP contribution is 2.22. The number of nitrogens with two attached hydrogens (primary N) is 1. The Balaban J connectivity index is 2.74. The summed E-state index contributed by atoms with van der Waals surface area (Å²) in [5, 5.41) is 0. The molecule has 2 rings (SSSR count). The molecule has 1 aromatic heterocycles. The molecule has 1 heterocycles. The smallest absolute Gasteiger partial charge is 0.405 e. The van der Waals surface area contributed by atoms with Crippen molar-refractivity contribution >= 4 is 16.8 Å². The molecule has 0 bridgehead atoms. The number of benzene rings is 1. The predicted molar refractivity (Wildman–Crippen MR) is 59.9 cm³/mol. The van der Waals surface area contributed by atoms with E-state index in [0.717, 1.165) is 23.9 Å². The number of aryl methyl sites for hydroxylation is 2. The van der Waals surface area contributed by atoms with Crippen LogP contribution in [0.2, 0.25) is 0 Å². The van der Waals surface area contributed by atoms with E-state index in [9.17, 15) is 4.79 Å². The van der Waals surface area contributed by atoms with E-state index < -0.39 is 0 Å². The van der Waals surface area contributed by atoms with Crippen LogP contribution in [0.15, 0.2) is 21.3 Å². The van der Waals surface area contributed by atoms with Gasteiger partial charge in [0.15, 0.2) is 5.58 Å². The molecule has 0 saturated heterocycles. The summed E-state index contributed by atoms with van der Waals surface area (Å²) in [5.74, 6) is -0.370. The van der Waals surface area contributed by atoms with Gasteiger partial charge in [-0.15, -0.1) is 0 Å². The second kappa shape index (κ2) is 3.46. The van der Waals surface area contributed by atoms with E-state index in [1.807, 2.05) is 12.1 Å². The molecule has 4 heteroatoms. The number of nitrogens with zero attached hydrogens (tertiary/aromatic N) is 1. The molecular formula is C11H14N2O2. The molecule has 0 radical (unpaired) electrons. The molecule has 80 valence electrons. The first-order chi connectivity index (χ1) is 7.13. The Labute approximate surface area is 87.3 Å². The van der Waals surface area contributed by atoms with Crippen LogP contribution in [0.4, 0.5) is 5.69 Å². The van der Waals surface area contributed by atoms with E-state index in [0.29, 0.717) is 11.3 Å². The summed E-state index contributed by atoms with van der Waals surface area (Å²) >= 11 is 0. The molecule has 15 heavy (non-hydrogen) atoms. The Kier molecular flexibility index (Phi) is 2.26. The summed E-state index contributed by atoms with van der Waals surface area (Å²) in [6.07, 6.45) is 2.01. The van der Waals surface area contributed by atoms with Crippen LogP contribution >= 0.6 is 0 Å². The first kappa shape index (κ1) is 9.83. The maximum absolute atomic E-state index is 11.3. The minimum atomic E-state index is -0.370. The van der Waals surface area contributed by atoms with Crippen molar-refractivity contribution in [3.8, 4) is 0 Å². The third kappa shape index (κ3) is 1.52. The van der Waals surface area contributed by atoms with Gasteiger partial charge in [0.2, 0.25) is 0 Å². The third-order valence-corrected chi connectivity index (χ3v) is 2.52.